The predicted octanol–water partition coefficient (Wildman–Crippen LogP) is 3.52. The van der Waals surface area contributed by atoms with E-state index >= 15 is 0 Å². The van der Waals surface area contributed by atoms with Crippen molar-refractivity contribution in [2.24, 2.45) is 0 Å². The van der Waals surface area contributed by atoms with Gasteiger partial charge in [-0.1, -0.05) is 0 Å². The van der Waals surface area contributed by atoms with Gasteiger partial charge in [0.1, 0.15) is 0 Å². The van der Waals surface area contributed by atoms with E-state index in [1.165, 1.54) is 23.9 Å². The summed E-state index contributed by atoms with van der Waals surface area (Å²) in [6, 6.07) is 11.5. The molecule has 0 aliphatic carbocycles. The normalized spacial score (nSPS) is 11.5. The van der Waals surface area contributed by atoms with Gasteiger partial charge in [-0.15, -0.1) is 11.8 Å². The Labute approximate surface area is 150 Å². The highest BCUT2D eigenvalue weighted by Gasteiger charge is 2.16. The van der Waals surface area contributed by atoms with Gasteiger partial charge in [-0.05, 0) is 49.4 Å². The van der Waals surface area contributed by atoms with E-state index in [9.17, 15) is 9.59 Å². The lowest BCUT2D eigenvalue weighted by Crippen LogP contribution is -2.22. The molecule has 25 heavy (non-hydrogen) atoms. The molecule has 2 aromatic rings. The van der Waals surface area contributed by atoms with Crippen molar-refractivity contribution in [3.05, 3.63) is 48.0 Å². The molecule has 2 aromatic carbocycles. The number of hydrogen-bond donors (Lipinski definition) is 2. The van der Waals surface area contributed by atoms with Gasteiger partial charge < -0.3 is 19.9 Å². The number of aromatic carboxylic acids is 1. The van der Waals surface area contributed by atoms with Crippen molar-refractivity contribution < 1.29 is 24.2 Å². The molecule has 0 saturated carbocycles. The molecule has 2 N–H and O–H groups in total. The summed E-state index contributed by atoms with van der Waals surface area (Å²) in [6.45, 7) is 1.79. The van der Waals surface area contributed by atoms with Crippen LogP contribution in [-0.4, -0.2) is 36.5 Å². The van der Waals surface area contributed by atoms with Crippen molar-refractivity contribution in [1.82, 2.24) is 0 Å². The first-order valence-corrected chi connectivity index (χ1v) is 8.35. The number of rotatable bonds is 7. The maximum Gasteiger partial charge on any atom is 0.335 e. The SMILES string of the molecule is COc1ccc(S[C@@H](C)C(=O)Nc2ccc(C(=O)O)cc2)cc1OC. The molecule has 0 radical (unpaired) electrons. The van der Waals surface area contributed by atoms with Crippen molar-refractivity contribution >= 4 is 29.3 Å². The molecule has 0 aromatic heterocycles. The van der Waals surface area contributed by atoms with Crippen molar-refractivity contribution in [2.45, 2.75) is 17.1 Å². The average Bonchev–Trinajstić information content (AvgIpc) is 2.61. The van der Waals surface area contributed by atoms with Gasteiger partial charge in [0.2, 0.25) is 5.91 Å². The Bertz CT molecular complexity index is 761. The van der Waals surface area contributed by atoms with Gasteiger partial charge >= 0.3 is 5.97 Å². The highest BCUT2D eigenvalue weighted by Crippen LogP contribution is 2.33. The summed E-state index contributed by atoms with van der Waals surface area (Å²) in [7, 11) is 3.12. The smallest absolute Gasteiger partial charge is 0.335 e. The van der Waals surface area contributed by atoms with E-state index in [2.05, 4.69) is 5.32 Å². The lowest BCUT2D eigenvalue weighted by Gasteiger charge is -2.14. The van der Waals surface area contributed by atoms with Crippen molar-refractivity contribution in [3.8, 4) is 11.5 Å². The average molecular weight is 361 g/mol. The van der Waals surface area contributed by atoms with E-state index in [0.29, 0.717) is 17.2 Å². The molecule has 132 valence electrons. The number of thioether (sulfide) groups is 1. The Morgan fingerprint density at radius 2 is 1.68 bits per heavy atom. The summed E-state index contributed by atoms with van der Waals surface area (Å²) in [5.41, 5.74) is 0.723. The lowest BCUT2D eigenvalue weighted by atomic mass is 10.2. The number of ether oxygens (including phenoxy) is 2. The second-order valence-electron chi connectivity index (χ2n) is 5.15. The number of nitrogens with one attached hydrogen (secondary N) is 1. The van der Waals surface area contributed by atoms with Crippen LogP contribution in [0.15, 0.2) is 47.4 Å². The Morgan fingerprint density at radius 1 is 1.04 bits per heavy atom. The number of hydrogen-bond acceptors (Lipinski definition) is 5. The van der Waals surface area contributed by atoms with Gasteiger partial charge in [0, 0.05) is 10.6 Å². The fourth-order valence-electron chi connectivity index (χ4n) is 2.09. The van der Waals surface area contributed by atoms with Crippen LogP contribution < -0.4 is 14.8 Å². The molecule has 0 bridgehead atoms. The molecule has 0 spiro atoms. The number of amides is 1. The van der Waals surface area contributed by atoms with Crippen LogP contribution in [0.5, 0.6) is 11.5 Å². The Balaban J connectivity index is 2.01. The molecule has 1 atom stereocenters. The first-order valence-electron chi connectivity index (χ1n) is 7.47. The predicted molar refractivity (Wildman–Crippen MR) is 96.9 cm³/mol. The maximum absolute atomic E-state index is 12.3. The maximum atomic E-state index is 12.3. The molecule has 6 nitrogen and oxygen atoms in total. The Kier molecular flexibility index (Phi) is 6.30. The number of carboxylic acids is 1. The fraction of sp³-hybridized carbons (Fsp3) is 0.222. The third-order valence-corrected chi connectivity index (χ3v) is 4.53. The van der Waals surface area contributed by atoms with Gasteiger partial charge in [0.25, 0.3) is 0 Å². The number of methoxy groups -OCH3 is 2. The molecular weight excluding hydrogens is 342 g/mol. The molecule has 0 saturated heterocycles. The van der Waals surface area contributed by atoms with E-state index in [1.807, 2.05) is 12.1 Å². The summed E-state index contributed by atoms with van der Waals surface area (Å²) >= 11 is 1.39. The zero-order chi connectivity index (χ0) is 18.4. The van der Waals surface area contributed by atoms with Gasteiger partial charge in [0.05, 0.1) is 25.0 Å². The van der Waals surface area contributed by atoms with Gasteiger partial charge in [-0.3, -0.25) is 4.79 Å². The topological polar surface area (TPSA) is 84.9 Å². The van der Waals surface area contributed by atoms with E-state index in [1.54, 1.807) is 39.3 Å². The third-order valence-electron chi connectivity index (χ3n) is 3.44. The van der Waals surface area contributed by atoms with E-state index < -0.39 is 5.97 Å². The highest BCUT2D eigenvalue weighted by molar-refractivity contribution is 8.00. The van der Waals surface area contributed by atoms with E-state index in [-0.39, 0.29) is 16.7 Å². The van der Waals surface area contributed by atoms with Crippen LogP contribution in [-0.2, 0) is 4.79 Å². The quantitative estimate of drug-likeness (QED) is 0.734. The van der Waals surface area contributed by atoms with Crippen LogP contribution in [0.3, 0.4) is 0 Å². The Hall–Kier alpha value is -2.67. The van der Waals surface area contributed by atoms with Gasteiger partial charge in [-0.2, -0.15) is 0 Å². The van der Waals surface area contributed by atoms with Crippen LogP contribution in [0.2, 0.25) is 0 Å². The van der Waals surface area contributed by atoms with E-state index in [0.717, 1.165) is 4.90 Å². The number of anilines is 1. The summed E-state index contributed by atoms with van der Waals surface area (Å²) < 4.78 is 10.5. The fourth-order valence-corrected chi connectivity index (χ4v) is 2.98. The first-order chi connectivity index (χ1) is 11.9. The molecule has 0 unspecified atom stereocenters. The summed E-state index contributed by atoms with van der Waals surface area (Å²) in [4.78, 5) is 24.0. The minimum Gasteiger partial charge on any atom is -0.493 e. The Morgan fingerprint density at radius 3 is 2.24 bits per heavy atom. The second-order valence-corrected chi connectivity index (χ2v) is 6.56. The lowest BCUT2D eigenvalue weighted by molar-refractivity contribution is -0.115. The van der Waals surface area contributed by atoms with Crippen molar-refractivity contribution in [1.29, 1.82) is 0 Å². The molecule has 7 heteroatoms. The summed E-state index contributed by atoms with van der Waals surface area (Å²) in [5.74, 6) is 0.0463. The van der Waals surface area contributed by atoms with Crippen molar-refractivity contribution in [2.75, 3.05) is 19.5 Å². The standard InChI is InChI=1S/C18H19NO5S/c1-11(25-14-8-9-15(23-2)16(10-14)24-3)17(20)19-13-6-4-12(5-7-13)18(21)22/h4-11H,1-3H3,(H,19,20)(H,21,22)/t11-/m0/s1. The minimum absolute atomic E-state index is 0.172. The van der Waals surface area contributed by atoms with Crippen LogP contribution in [0.25, 0.3) is 0 Å². The van der Waals surface area contributed by atoms with Crippen molar-refractivity contribution in [3.63, 3.8) is 0 Å². The molecular formula is C18H19NO5S. The second kappa shape index (κ2) is 8.43. The summed E-state index contributed by atoms with van der Waals surface area (Å²) in [5, 5.41) is 11.3. The zero-order valence-corrected chi connectivity index (χ0v) is 14.9. The largest absolute Gasteiger partial charge is 0.493 e. The third kappa shape index (κ3) is 4.90. The first kappa shape index (κ1) is 18.7. The van der Waals surface area contributed by atoms with Gasteiger partial charge in [-0.25, -0.2) is 4.79 Å². The molecule has 2 rings (SSSR count). The number of benzene rings is 2. The monoisotopic (exact) mass is 361 g/mol. The minimum atomic E-state index is -1.00. The zero-order valence-electron chi connectivity index (χ0n) is 14.1. The molecule has 1 amide bonds. The summed E-state index contributed by atoms with van der Waals surface area (Å²) in [6.07, 6.45) is 0. The molecule has 0 aliphatic heterocycles. The van der Waals surface area contributed by atoms with Crippen LogP contribution in [0.1, 0.15) is 17.3 Å². The molecule has 0 heterocycles. The number of carboxylic acid groups (broad SMARTS) is 1. The number of carbonyl (C=O) groups excluding carboxylic acids is 1. The van der Waals surface area contributed by atoms with Crippen LogP contribution in [0, 0.1) is 0 Å². The van der Waals surface area contributed by atoms with E-state index in [4.69, 9.17) is 14.6 Å². The molecule has 0 fully saturated rings. The van der Waals surface area contributed by atoms with Gasteiger partial charge in [0.15, 0.2) is 11.5 Å². The molecule has 0 aliphatic rings. The van der Waals surface area contributed by atoms with Crippen LogP contribution >= 0.6 is 11.8 Å². The van der Waals surface area contributed by atoms with Crippen LogP contribution in [0.4, 0.5) is 5.69 Å². The number of carbonyl (C=O) groups is 2. The highest BCUT2D eigenvalue weighted by atomic mass is 32.2.